The number of hydrogen-bond acceptors (Lipinski definition) is 14. The Morgan fingerprint density at radius 2 is 2.02 bits per heavy atom. The van der Waals surface area contributed by atoms with E-state index in [4.69, 9.17) is 9.57 Å². The number of rotatable bonds is 12. The number of thiazole rings is 1. The Kier molecular flexibility index (Phi) is 8.51. The van der Waals surface area contributed by atoms with Crippen molar-refractivity contribution < 1.29 is 46.5 Å². The third-order valence-corrected chi connectivity index (χ3v) is 6.94. The highest BCUT2D eigenvalue weighted by molar-refractivity contribution is 7.85. The number of anilines is 1. The number of hydrogen-bond donors (Lipinski definition) is 4. The maximum atomic E-state index is 13.3. The molecule has 20 heteroatoms. The van der Waals surface area contributed by atoms with E-state index >= 15 is 0 Å². The van der Waals surface area contributed by atoms with Crippen LogP contribution >= 0.6 is 11.3 Å². The highest BCUT2D eigenvalue weighted by atomic mass is 32.2. The molecule has 2 aromatic heterocycles. The van der Waals surface area contributed by atoms with E-state index in [2.05, 4.69) is 40.5 Å². The second kappa shape index (κ2) is 11.6. The summed E-state index contributed by atoms with van der Waals surface area (Å²) in [7, 11) is -3.68. The van der Waals surface area contributed by atoms with E-state index in [0.29, 0.717) is 0 Å². The Bertz CT molecular complexity index is 1520. The number of aromatic nitrogens is 4. The van der Waals surface area contributed by atoms with Crippen LogP contribution in [0.5, 0.6) is 0 Å². The predicted octanol–water partition coefficient (Wildman–Crippen LogP) is -0.421. The van der Waals surface area contributed by atoms with Gasteiger partial charge in [0.15, 0.2) is 10.8 Å². The van der Waals surface area contributed by atoms with Gasteiger partial charge in [0, 0.05) is 18.2 Å². The summed E-state index contributed by atoms with van der Waals surface area (Å²) >= 11 is 0.951. The van der Waals surface area contributed by atoms with Crippen molar-refractivity contribution in [2.75, 3.05) is 11.6 Å². The lowest BCUT2D eigenvalue weighted by Crippen LogP contribution is -2.70. The number of ether oxygens (including phenoxy) is 1. The van der Waals surface area contributed by atoms with Crippen molar-refractivity contribution in [2.24, 2.45) is 5.16 Å². The lowest BCUT2D eigenvalue weighted by molar-refractivity contribution is -0.153. The van der Waals surface area contributed by atoms with Gasteiger partial charge in [0.25, 0.3) is 16.0 Å². The van der Waals surface area contributed by atoms with Crippen LogP contribution in [0.4, 0.5) is 9.93 Å². The van der Waals surface area contributed by atoms with Gasteiger partial charge in [0.05, 0.1) is 25.0 Å². The molecule has 0 spiro atoms. The maximum Gasteiger partial charge on any atom is 0.413 e. The van der Waals surface area contributed by atoms with Crippen molar-refractivity contribution in [3.05, 3.63) is 23.0 Å². The lowest BCUT2D eigenvalue weighted by atomic mass is 9.98. The summed E-state index contributed by atoms with van der Waals surface area (Å²) in [6.07, 6.45) is 1.78. The minimum atomic E-state index is -3.68. The van der Waals surface area contributed by atoms with Crippen LogP contribution in [0.1, 0.15) is 45.0 Å². The molecule has 18 nitrogen and oxygen atoms in total. The Labute approximate surface area is 242 Å². The fraction of sp³-hybridized carbons (Fsp3) is 0.545. The van der Waals surface area contributed by atoms with E-state index in [1.54, 1.807) is 20.8 Å². The van der Waals surface area contributed by atoms with Crippen LogP contribution in [-0.4, -0.2) is 92.6 Å². The van der Waals surface area contributed by atoms with Crippen LogP contribution in [0.25, 0.3) is 0 Å². The fourth-order valence-electron chi connectivity index (χ4n) is 3.43. The number of β-lactam (4-membered cyclic amide) rings is 1. The van der Waals surface area contributed by atoms with Crippen molar-refractivity contribution in [1.29, 1.82) is 0 Å². The van der Waals surface area contributed by atoms with Crippen molar-refractivity contribution in [2.45, 2.75) is 70.1 Å². The largest absolute Gasteiger partial charge is 0.478 e. The summed E-state index contributed by atoms with van der Waals surface area (Å²) in [6, 6.07) is -1.72. The molecular weight excluding hydrogens is 600 g/mol. The normalized spacial score (nSPS) is 19.7. The zero-order valence-corrected chi connectivity index (χ0v) is 24.4. The molecular formula is C22H28N8O10S2. The number of carbonyl (C=O) groups is 4. The van der Waals surface area contributed by atoms with Crippen molar-refractivity contribution in [1.82, 2.24) is 30.6 Å². The Morgan fingerprint density at radius 3 is 2.62 bits per heavy atom. The van der Waals surface area contributed by atoms with Crippen LogP contribution < -0.4 is 16.0 Å². The topological polar surface area (TPSA) is 242 Å². The van der Waals surface area contributed by atoms with Gasteiger partial charge in [0.2, 0.25) is 11.5 Å². The first-order valence-electron chi connectivity index (χ1n) is 12.3. The predicted molar refractivity (Wildman–Crippen MR) is 143 cm³/mol. The molecule has 1 aliphatic carbocycles. The van der Waals surface area contributed by atoms with E-state index in [0.717, 1.165) is 17.6 Å². The van der Waals surface area contributed by atoms with Crippen molar-refractivity contribution in [3.63, 3.8) is 0 Å². The molecule has 0 radical (unpaired) electrons. The molecule has 4 rings (SSSR count). The number of nitrogens with one attached hydrogen (secondary N) is 3. The van der Waals surface area contributed by atoms with Crippen LogP contribution in [0, 0.1) is 0 Å². The molecule has 3 heterocycles. The average Bonchev–Trinajstić information content (AvgIpc) is 3.30. The molecule has 228 valence electrons. The Morgan fingerprint density at radius 1 is 1.31 bits per heavy atom. The second-order valence-corrected chi connectivity index (χ2v) is 12.9. The molecule has 1 saturated heterocycles. The second-order valence-electron chi connectivity index (χ2n) is 10.4. The molecule has 0 bridgehead atoms. The van der Waals surface area contributed by atoms with E-state index in [1.807, 2.05) is 0 Å². The standard InChI is InChI=1S/C22H28N8O10S2/c1-21(2,3)39-20(35)27-19-25-13(10-41-19)15(29-40-22(5-6-22)18(33)34)17(32)26-14-12(24-16(14)31)8-30-23-7-11(28-30)9-38-42(4,36)37/h7,10,12,14H,5-6,8-9H2,1-4H3,(H,24,31)(H,26,32)(H,33,34)(H,25,27,35)/b29-15-/t12-,14?/m0/s1. The van der Waals surface area contributed by atoms with Crippen LogP contribution in [0.15, 0.2) is 16.7 Å². The van der Waals surface area contributed by atoms with Crippen molar-refractivity contribution in [3.8, 4) is 0 Å². The van der Waals surface area contributed by atoms with Gasteiger partial charge in [-0.1, -0.05) is 5.16 Å². The summed E-state index contributed by atoms with van der Waals surface area (Å²) in [5.74, 6) is -2.66. The maximum absolute atomic E-state index is 13.3. The molecule has 0 aromatic carbocycles. The first-order valence-corrected chi connectivity index (χ1v) is 15.0. The van der Waals surface area contributed by atoms with Gasteiger partial charge in [-0.15, -0.1) is 11.3 Å². The van der Waals surface area contributed by atoms with Gasteiger partial charge in [0.1, 0.15) is 29.6 Å². The third-order valence-electron chi connectivity index (χ3n) is 5.64. The average molecular weight is 629 g/mol. The van der Waals surface area contributed by atoms with Gasteiger partial charge in [-0.2, -0.15) is 23.4 Å². The molecule has 1 aliphatic heterocycles. The molecule has 2 aliphatic rings. The number of nitrogens with zero attached hydrogens (tertiary/aromatic N) is 5. The van der Waals surface area contributed by atoms with Crippen molar-refractivity contribution >= 4 is 56.2 Å². The fourth-order valence-corrected chi connectivity index (χ4v) is 4.44. The van der Waals surface area contributed by atoms with Crippen LogP contribution in [0.3, 0.4) is 0 Å². The summed E-state index contributed by atoms with van der Waals surface area (Å²) in [6.45, 7) is 4.73. The smallest absolute Gasteiger partial charge is 0.413 e. The quantitative estimate of drug-likeness (QED) is 0.101. The monoisotopic (exact) mass is 628 g/mol. The van der Waals surface area contributed by atoms with Gasteiger partial charge in [-0.3, -0.25) is 19.1 Å². The number of carboxylic acid groups (broad SMARTS) is 1. The minimum Gasteiger partial charge on any atom is -0.478 e. The molecule has 3 amide bonds. The van der Waals surface area contributed by atoms with E-state index in [-0.39, 0.29) is 42.5 Å². The molecule has 1 unspecified atom stereocenters. The molecule has 42 heavy (non-hydrogen) atoms. The SMILES string of the molecule is CC(C)(C)OC(=O)Nc1nc(/C(=N/OC2(C(=O)O)CC2)C(=O)NC2C(=O)N[C@H]2Cn2ncc(COS(C)(=O)=O)n2)cs1. The zero-order valence-electron chi connectivity index (χ0n) is 22.8. The summed E-state index contributed by atoms with van der Waals surface area (Å²) in [5, 5.41) is 30.3. The highest BCUT2D eigenvalue weighted by Crippen LogP contribution is 2.40. The van der Waals surface area contributed by atoms with Gasteiger partial charge in [-0.05, 0) is 20.8 Å². The third kappa shape index (κ3) is 7.97. The molecule has 2 fully saturated rings. The van der Waals surface area contributed by atoms with Gasteiger partial charge < -0.3 is 25.3 Å². The first kappa shape index (κ1) is 30.8. The summed E-state index contributed by atoms with van der Waals surface area (Å²) in [5.41, 5.74) is -2.58. The van der Waals surface area contributed by atoms with Crippen LogP contribution in [-0.2, 0) is 51.4 Å². The molecule has 2 aromatic rings. The highest BCUT2D eigenvalue weighted by Gasteiger charge is 2.55. The number of carbonyl (C=O) groups excluding carboxylic acids is 3. The van der Waals surface area contributed by atoms with E-state index in [1.165, 1.54) is 16.4 Å². The van der Waals surface area contributed by atoms with E-state index < -0.39 is 63.0 Å². The summed E-state index contributed by atoms with van der Waals surface area (Å²) in [4.78, 5) is 59.9. The minimum absolute atomic E-state index is 0.0152. The van der Waals surface area contributed by atoms with E-state index in [9.17, 15) is 32.7 Å². The zero-order chi connectivity index (χ0) is 30.9. The Hall–Kier alpha value is -4.17. The van der Waals surface area contributed by atoms with Gasteiger partial charge >= 0.3 is 12.1 Å². The number of aliphatic carboxylic acids is 1. The number of oxime groups is 1. The summed E-state index contributed by atoms with van der Waals surface area (Å²) < 4.78 is 32.2. The Balaban J connectivity index is 1.46. The first-order chi connectivity index (χ1) is 19.5. The molecule has 2 atom stereocenters. The lowest BCUT2D eigenvalue weighted by Gasteiger charge is -2.36. The number of amides is 3. The van der Waals surface area contributed by atoms with Crippen LogP contribution in [0.2, 0.25) is 0 Å². The molecule has 4 N–H and O–H groups in total. The molecule has 1 saturated carbocycles. The number of carboxylic acids is 1. The van der Waals surface area contributed by atoms with Gasteiger partial charge in [-0.25, -0.2) is 14.6 Å².